The van der Waals surface area contributed by atoms with Crippen LogP contribution in [0, 0.1) is 5.41 Å². The van der Waals surface area contributed by atoms with E-state index in [-0.39, 0.29) is 0 Å². The van der Waals surface area contributed by atoms with Crippen LogP contribution in [0.2, 0.25) is 0 Å². The molecule has 0 radical (unpaired) electrons. The average molecular weight is 362 g/mol. The lowest BCUT2D eigenvalue weighted by Crippen LogP contribution is -2.50. The van der Waals surface area contributed by atoms with E-state index in [1.807, 2.05) is 105 Å². The third-order valence-electron chi connectivity index (χ3n) is 5.63. The molecule has 1 saturated heterocycles. The molecule has 4 heteroatoms. The standard InChI is InChI=1S/C23H22O4/c1-21(2)22(18-12-6-3-7-13-18,19-14-8-4-9-15-19)26-27-23(21,25-24)20-16-10-5-11-17-20/h3-17,24H,1-2H3. The van der Waals surface area contributed by atoms with Gasteiger partial charge in [-0.25, -0.2) is 10.1 Å². The molecule has 0 amide bonds. The Morgan fingerprint density at radius 1 is 0.630 bits per heavy atom. The molecule has 1 fully saturated rings. The van der Waals surface area contributed by atoms with Crippen LogP contribution in [0.1, 0.15) is 30.5 Å². The second kappa shape index (κ2) is 6.59. The SMILES string of the molecule is CC1(C)C(OO)(c2ccccc2)OOC1(c1ccccc1)c1ccccc1. The van der Waals surface area contributed by atoms with E-state index in [4.69, 9.17) is 14.7 Å². The molecule has 1 aliphatic rings. The molecule has 1 aliphatic heterocycles. The van der Waals surface area contributed by atoms with Crippen LogP contribution in [-0.4, -0.2) is 5.26 Å². The summed E-state index contributed by atoms with van der Waals surface area (Å²) in [4.78, 5) is 17.0. The van der Waals surface area contributed by atoms with Gasteiger partial charge < -0.3 is 0 Å². The number of hydrogen-bond donors (Lipinski definition) is 1. The summed E-state index contributed by atoms with van der Waals surface area (Å²) >= 11 is 0. The highest BCUT2D eigenvalue weighted by Gasteiger charge is 2.70. The number of hydrogen-bond acceptors (Lipinski definition) is 4. The highest BCUT2D eigenvalue weighted by atomic mass is 17.3. The van der Waals surface area contributed by atoms with Gasteiger partial charge in [0.15, 0.2) is 5.60 Å². The summed E-state index contributed by atoms with van der Waals surface area (Å²) in [5.74, 6) is -1.50. The van der Waals surface area contributed by atoms with E-state index in [0.717, 1.165) is 11.1 Å². The second-order valence-corrected chi connectivity index (χ2v) is 7.28. The van der Waals surface area contributed by atoms with Crippen LogP contribution in [0.15, 0.2) is 91.0 Å². The van der Waals surface area contributed by atoms with Crippen LogP contribution in [-0.2, 0) is 26.1 Å². The molecule has 1 N–H and O–H groups in total. The minimum atomic E-state index is -1.50. The highest BCUT2D eigenvalue weighted by Crippen LogP contribution is 2.63. The van der Waals surface area contributed by atoms with Gasteiger partial charge in [-0.1, -0.05) is 105 Å². The van der Waals surface area contributed by atoms with Crippen molar-refractivity contribution in [3.05, 3.63) is 108 Å². The maximum atomic E-state index is 10.0. The largest absolute Gasteiger partial charge is 0.267 e. The van der Waals surface area contributed by atoms with Gasteiger partial charge in [0.2, 0.25) is 0 Å². The molecule has 1 heterocycles. The molecule has 1 atom stereocenters. The van der Waals surface area contributed by atoms with Crippen LogP contribution in [0.3, 0.4) is 0 Å². The minimum Gasteiger partial charge on any atom is -0.248 e. The van der Waals surface area contributed by atoms with Crippen molar-refractivity contribution in [2.24, 2.45) is 5.41 Å². The van der Waals surface area contributed by atoms with Crippen molar-refractivity contribution >= 4 is 0 Å². The summed E-state index contributed by atoms with van der Waals surface area (Å²) in [6, 6.07) is 29.1. The van der Waals surface area contributed by atoms with E-state index in [1.54, 1.807) is 0 Å². The van der Waals surface area contributed by atoms with E-state index in [1.165, 1.54) is 0 Å². The second-order valence-electron chi connectivity index (χ2n) is 7.28. The normalized spacial score (nSPS) is 23.2. The van der Waals surface area contributed by atoms with Gasteiger partial charge in [-0.3, -0.25) is 0 Å². The lowest BCUT2D eigenvalue weighted by atomic mass is 9.62. The smallest absolute Gasteiger partial charge is 0.248 e. The molecule has 0 aromatic heterocycles. The fraction of sp³-hybridized carbons (Fsp3) is 0.217. The van der Waals surface area contributed by atoms with Gasteiger partial charge in [-0.15, -0.1) is 0 Å². The highest BCUT2D eigenvalue weighted by molar-refractivity contribution is 5.42. The molecule has 1 unspecified atom stereocenters. The van der Waals surface area contributed by atoms with Gasteiger partial charge in [-0.05, 0) is 11.1 Å². The zero-order chi connectivity index (χ0) is 19.0. The Hall–Kier alpha value is -2.50. The Bertz CT molecular complexity index is 854. The van der Waals surface area contributed by atoms with Gasteiger partial charge in [0, 0.05) is 5.56 Å². The molecule has 0 saturated carbocycles. The lowest BCUT2D eigenvalue weighted by molar-refractivity contribution is -0.489. The average Bonchev–Trinajstić information content (AvgIpc) is 2.98. The Morgan fingerprint density at radius 3 is 1.44 bits per heavy atom. The maximum absolute atomic E-state index is 10.0. The molecule has 3 aromatic rings. The Morgan fingerprint density at radius 2 is 1.04 bits per heavy atom. The molecular formula is C23H22O4. The first-order valence-electron chi connectivity index (χ1n) is 8.94. The van der Waals surface area contributed by atoms with Crippen molar-refractivity contribution < 1.29 is 19.9 Å². The molecule has 0 aliphatic carbocycles. The first kappa shape index (κ1) is 17.9. The number of rotatable bonds is 4. The van der Waals surface area contributed by atoms with Gasteiger partial charge in [-0.2, -0.15) is 9.78 Å². The predicted octanol–water partition coefficient (Wildman–Crippen LogP) is 5.26. The first-order valence-corrected chi connectivity index (χ1v) is 8.94. The molecule has 4 nitrogen and oxygen atoms in total. The molecule has 0 bridgehead atoms. The Labute approximate surface area is 158 Å². The van der Waals surface area contributed by atoms with Crippen molar-refractivity contribution in [2.75, 3.05) is 0 Å². The van der Waals surface area contributed by atoms with Crippen molar-refractivity contribution in [2.45, 2.75) is 25.2 Å². The van der Waals surface area contributed by atoms with Crippen molar-refractivity contribution in [3.8, 4) is 0 Å². The van der Waals surface area contributed by atoms with Crippen LogP contribution in [0.4, 0.5) is 0 Å². The van der Waals surface area contributed by atoms with Gasteiger partial charge >= 0.3 is 0 Å². The predicted molar refractivity (Wildman–Crippen MR) is 101 cm³/mol. The zero-order valence-electron chi connectivity index (χ0n) is 15.3. The number of benzene rings is 3. The van der Waals surface area contributed by atoms with Crippen LogP contribution >= 0.6 is 0 Å². The van der Waals surface area contributed by atoms with Crippen molar-refractivity contribution in [1.29, 1.82) is 0 Å². The van der Waals surface area contributed by atoms with Gasteiger partial charge in [0.05, 0.1) is 5.41 Å². The monoisotopic (exact) mass is 362 g/mol. The Balaban J connectivity index is 1.99. The summed E-state index contributed by atoms with van der Waals surface area (Å²) in [7, 11) is 0. The third-order valence-corrected chi connectivity index (χ3v) is 5.63. The van der Waals surface area contributed by atoms with Gasteiger partial charge in [0.1, 0.15) is 0 Å². The molecule has 27 heavy (non-hydrogen) atoms. The molecule has 4 rings (SSSR count). The molecular weight excluding hydrogens is 340 g/mol. The van der Waals surface area contributed by atoms with Crippen LogP contribution in [0.5, 0.6) is 0 Å². The summed E-state index contributed by atoms with van der Waals surface area (Å²) in [6.07, 6.45) is 0. The van der Waals surface area contributed by atoms with E-state index in [9.17, 15) is 5.26 Å². The Kier molecular flexibility index (Phi) is 4.36. The van der Waals surface area contributed by atoms with Crippen molar-refractivity contribution in [1.82, 2.24) is 0 Å². The third kappa shape index (κ3) is 2.38. The van der Waals surface area contributed by atoms with E-state index in [2.05, 4.69) is 0 Å². The van der Waals surface area contributed by atoms with E-state index < -0.39 is 16.8 Å². The maximum Gasteiger partial charge on any atom is 0.267 e. The lowest BCUT2D eigenvalue weighted by Gasteiger charge is -2.43. The van der Waals surface area contributed by atoms with Gasteiger partial charge in [0.25, 0.3) is 5.79 Å². The molecule has 3 aromatic carbocycles. The molecule has 0 spiro atoms. The van der Waals surface area contributed by atoms with Crippen molar-refractivity contribution in [3.63, 3.8) is 0 Å². The van der Waals surface area contributed by atoms with Crippen LogP contribution < -0.4 is 0 Å². The molecule has 138 valence electrons. The first-order chi connectivity index (χ1) is 13.1. The fourth-order valence-electron chi connectivity index (χ4n) is 4.14. The zero-order valence-corrected chi connectivity index (χ0v) is 15.3. The summed E-state index contributed by atoms with van der Waals surface area (Å²) < 4.78 is 0. The topological polar surface area (TPSA) is 47.9 Å². The fourth-order valence-corrected chi connectivity index (χ4v) is 4.14. The summed E-state index contributed by atoms with van der Waals surface area (Å²) in [6.45, 7) is 3.95. The van der Waals surface area contributed by atoms with Crippen LogP contribution in [0.25, 0.3) is 0 Å². The summed E-state index contributed by atoms with van der Waals surface area (Å²) in [5.41, 5.74) is 0.672. The van der Waals surface area contributed by atoms with E-state index >= 15 is 0 Å². The minimum absolute atomic E-state index is 0.672. The van der Waals surface area contributed by atoms with E-state index in [0.29, 0.717) is 5.56 Å². The quantitative estimate of drug-likeness (QED) is 0.508. The summed E-state index contributed by atoms with van der Waals surface area (Å²) in [5, 5.41) is 10.0.